The summed E-state index contributed by atoms with van der Waals surface area (Å²) in [6.07, 6.45) is 1.94. The van der Waals surface area contributed by atoms with Gasteiger partial charge in [0.2, 0.25) is 0 Å². The Labute approximate surface area is 92.6 Å². The van der Waals surface area contributed by atoms with Gasteiger partial charge in [0, 0.05) is 15.5 Å². The maximum atomic E-state index is 12.1. The van der Waals surface area contributed by atoms with E-state index in [4.69, 9.17) is 0 Å². The number of rotatable bonds is 0. The molecule has 0 unspecified atom stereocenters. The second-order valence-electron chi connectivity index (χ2n) is 4.48. The van der Waals surface area contributed by atoms with E-state index in [2.05, 4.69) is 15.9 Å². The molecule has 1 aromatic rings. The molecular formula is C12H13BrO. The maximum Gasteiger partial charge on any atom is 0.168 e. The molecule has 1 aliphatic carbocycles. The van der Waals surface area contributed by atoms with E-state index in [-0.39, 0.29) is 11.2 Å². The first kappa shape index (κ1) is 9.91. The number of carbonyl (C=O) groups is 1. The van der Waals surface area contributed by atoms with Crippen molar-refractivity contribution in [2.24, 2.45) is 5.41 Å². The lowest BCUT2D eigenvalue weighted by atomic mass is 9.73. The van der Waals surface area contributed by atoms with Crippen LogP contribution in [0.1, 0.15) is 36.2 Å². The first-order valence-electron chi connectivity index (χ1n) is 4.84. The standard InChI is InChI=1S/C12H13BrO/c1-12(2)7-6-8-9(11(12)14)4-3-5-10(8)13/h3-5H,6-7H2,1-2H3. The van der Waals surface area contributed by atoms with Crippen molar-refractivity contribution in [3.63, 3.8) is 0 Å². The molecule has 0 radical (unpaired) electrons. The van der Waals surface area contributed by atoms with Gasteiger partial charge < -0.3 is 0 Å². The Balaban J connectivity index is 2.57. The number of halogens is 1. The van der Waals surface area contributed by atoms with Crippen molar-refractivity contribution in [2.75, 3.05) is 0 Å². The molecule has 0 saturated heterocycles. The zero-order valence-corrected chi connectivity index (χ0v) is 10.0. The molecule has 2 heteroatoms. The highest BCUT2D eigenvalue weighted by Crippen LogP contribution is 2.37. The van der Waals surface area contributed by atoms with E-state index in [0.717, 1.165) is 22.9 Å². The van der Waals surface area contributed by atoms with Gasteiger partial charge in [-0.2, -0.15) is 0 Å². The molecule has 0 spiro atoms. The van der Waals surface area contributed by atoms with Crippen LogP contribution in [0.3, 0.4) is 0 Å². The van der Waals surface area contributed by atoms with Crippen LogP contribution in [0.25, 0.3) is 0 Å². The number of ketones is 1. The van der Waals surface area contributed by atoms with Crippen molar-refractivity contribution in [1.82, 2.24) is 0 Å². The van der Waals surface area contributed by atoms with Gasteiger partial charge in [-0.3, -0.25) is 4.79 Å². The highest BCUT2D eigenvalue weighted by Gasteiger charge is 2.34. The van der Waals surface area contributed by atoms with Crippen LogP contribution in [0.2, 0.25) is 0 Å². The van der Waals surface area contributed by atoms with Crippen LogP contribution < -0.4 is 0 Å². The lowest BCUT2D eigenvalue weighted by Gasteiger charge is -2.30. The Morgan fingerprint density at radius 1 is 1.36 bits per heavy atom. The number of fused-ring (bicyclic) bond motifs is 1. The number of carbonyl (C=O) groups excluding carboxylic acids is 1. The number of benzene rings is 1. The maximum absolute atomic E-state index is 12.1. The van der Waals surface area contributed by atoms with Crippen molar-refractivity contribution >= 4 is 21.7 Å². The molecule has 0 saturated carbocycles. The Morgan fingerprint density at radius 2 is 2.07 bits per heavy atom. The molecule has 1 nitrogen and oxygen atoms in total. The largest absolute Gasteiger partial charge is 0.294 e. The highest BCUT2D eigenvalue weighted by atomic mass is 79.9. The molecule has 0 N–H and O–H groups in total. The monoisotopic (exact) mass is 252 g/mol. The van der Waals surface area contributed by atoms with Crippen LogP contribution in [0, 0.1) is 5.41 Å². The summed E-state index contributed by atoms with van der Waals surface area (Å²) in [5, 5.41) is 0. The van der Waals surface area contributed by atoms with Gasteiger partial charge in [0.1, 0.15) is 0 Å². The fourth-order valence-corrected chi connectivity index (χ4v) is 2.51. The van der Waals surface area contributed by atoms with Gasteiger partial charge in [0.25, 0.3) is 0 Å². The molecule has 0 bridgehead atoms. The van der Waals surface area contributed by atoms with Crippen LogP contribution >= 0.6 is 15.9 Å². The van der Waals surface area contributed by atoms with E-state index < -0.39 is 0 Å². The Morgan fingerprint density at radius 3 is 2.79 bits per heavy atom. The van der Waals surface area contributed by atoms with Gasteiger partial charge in [-0.05, 0) is 24.5 Å². The SMILES string of the molecule is CC1(C)CCc2c(Br)cccc2C1=O. The summed E-state index contributed by atoms with van der Waals surface area (Å²) in [5.41, 5.74) is 1.89. The number of hydrogen-bond acceptors (Lipinski definition) is 1. The molecule has 1 aromatic carbocycles. The Kier molecular flexibility index (Phi) is 2.26. The van der Waals surface area contributed by atoms with Crippen LogP contribution in [0.5, 0.6) is 0 Å². The second kappa shape index (κ2) is 3.20. The molecular weight excluding hydrogens is 240 g/mol. The lowest BCUT2D eigenvalue weighted by Crippen LogP contribution is -2.30. The van der Waals surface area contributed by atoms with E-state index in [1.165, 1.54) is 5.56 Å². The lowest BCUT2D eigenvalue weighted by molar-refractivity contribution is 0.0811. The highest BCUT2D eigenvalue weighted by molar-refractivity contribution is 9.10. The summed E-state index contributed by atoms with van der Waals surface area (Å²) in [4.78, 5) is 12.1. The van der Waals surface area contributed by atoms with E-state index in [1.54, 1.807) is 0 Å². The zero-order valence-electron chi connectivity index (χ0n) is 8.43. The first-order valence-corrected chi connectivity index (χ1v) is 5.64. The third-order valence-electron chi connectivity index (χ3n) is 2.98. The third-order valence-corrected chi connectivity index (χ3v) is 3.72. The second-order valence-corrected chi connectivity index (χ2v) is 5.33. The molecule has 0 atom stereocenters. The fraction of sp³-hybridized carbons (Fsp3) is 0.417. The molecule has 14 heavy (non-hydrogen) atoms. The van der Waals surface area contributed by atoms with Crippen LogP contribution in [-0.4, -0.2) is 5.78 Å². The summed E-state index contributed by atoms with van der Waals surface area (Å²) < 4.78 is 1.07. The predicted molar refractivity (Wildman–Crippen MR) is 60.6 cm³/mol. The molecule has 0 aliphatic heterocycles. The molecule has 1 aliphatic rings. The van der Waals surface area contributed by atoms with Gasteiger partial charge in [-0.25, -0.2) is 0 Å². The van der Waals surface area contributed by atoms with Gasteiger partial charge in [-0.1, -0.05) is 41.9 Å². The minimum Gasteiger partial charge on any atom is -0.294 e. The predicted octanol–water partition coefficient (Wildman–Crippen LogP) is 3.60. The topological polar surface area (TPSA) is 17.1 Å². The first-order chi connectivity index (χ1) is 6.52. The average Bonchev–Trinajstić information content (AvgIpc) is 2.13. The van der Waals surface area contributed by atoms with Crippen molar-refractivity contribution in [2.45, 2.75) is 26.7 Å². The van der Waals surface area contributed by atoms with E-state index in [1.807, 2.05) is 32.0 Å². The zero-order chi connectivity index (χ0) is 10.3. The van der Waals surface area contributed by atoms with Crippen molar-refractivity contribution in [1.29, 1.82) is 0 Å². The van der Waals surface area contributed by atoms with E-state index in [9.17, 15) is 4.79 Å². The molecule has 0 heterocycles. The molecule has 0 amide bonds. The smallest absolute Gasteiger partial charge is 0.168 e. The van der Waals surface area contributed by atoms with Crippen molar-refractivity contribution < 1.29 is 4.79 Å². The summed E-state index contributed by atoms with van der Waals surface area (Å²) in [5.74, 6) is 0.278. The normalized spacial score (nSPS) is 19.2. The minimum absolute atomic E-state index is 0.187. The minimum atomic E-state index is -0.187. The molecule has 74 valence electrons. The van der Waals surface area contributed by atoms with Gasteiger partial charge in [-0.15, -0.1) is 0 Å². The van der Waals surface area contributed by atoms with Gasteiger partial charge in [0.15, 0.2) is 5.78 Å². The van der Waals surface area contributed by atoms with Crippen LogP contribution in [0.4, 0.5) is 0 Å². The van der Waals surface area contributed by atoms with Gasteiger partial charge in [0.05, 0.1) is 0 Å². The van der Waals surface area contributed by atoms with Crippen molar-refractivity contribution in [3.8, 4) is 0 Å². The quantitative estimate of drug-likeness (QED) is 0.690. The van der Waals surface area contributed by atoms with E-state index in [0.29, 0.717) is 0 Å². The Bertz CT molecular complexity index is 393. The molecule has 2 rings (SSSR count). The van der Waals surface area contributed by atoms with E-state index >= 15 is 0 Å². The third kappa shape index (κ3) is 1.42. The number of Topliss-reactive ketones (excluding diaryl/α,β-unsaturated/α-hetero) is 1. The van der Waals surface area contributed by atoms with Crippen LogP contribution in [0.15, 0.2) is 22.7 Å². The summed E-state index contributed by atoms with van der Waals surface area (Å²) >= 11 is 3.49. The van der Waals surface area contributed by atoms with Crippen LogP contribution in [-0.2, 0) is 6.42 Å². The van der Waals surface area contributed by atoms with Crippen molar-refractivity contribution in [3.05, 3.63) is 33.8 Å². The summed E-state index contributed by atoms with van der Waals surface area (Å²) in [6, 6.07) is 5.87. The van der Waals surface area contributed by atoms with Gasteiger partial charge >= 0.3 is 0 Å². The summed E-state index contributed by atoms with van der Waals surface area (Å²) in [7, 11) is 0. The fourth-order valence-electron chi connectivity index (χ4n) is 1.94. The number of hydrogen-bond donors (Lipinski definition) is 0. The molecule has 0 fully saturated rings. The Hall–Kier alpha value is -0.630. The average molecular weight is 253 g/mol. The molecule has 0 aromatic heterocycles. The summed E-state index contributed by atoms with van der Waals surface area (Å²) in [6.45, 7) is 4.05.